The zero-order valence-corrected chi connectivity index (χ0v) is 11.5. The van der Waals surface area contributed by atoms with E-state index >= 15 is 0 Å². The highest BCUT2D eigenvalue weighted by molar-refractivity contribution is 5.84. The third-order valence-electron chi connectivity index (χ3n) is 3.99. The fourth-order valence-corrected chi connectivity index (χ4v) is 2.43. The van der Waals surface area contributed by atoms with Gasteiger partial charge in [-0.3, -0.25) is 4.79 Å². The molecule has 1 fully saturated rings. The lowest BCUT2D eigenvalue weighted by Crippen LogP contribution is -2.58. The van der Waals surface area contributed by atoms with E-state index < -0.39 is 5.54 Å². The second kappa shape index (κ2) is 5.36. The molecular formula is C13H26N2O2. The van der Waals surface area contributed by atoms with E-state index in [1.54, 1.807) is 7.05 Å². The van der Waals surface area contributed by atoms with Gasteiger partial charge in [-0.15, -0.1) is 0 Å². The highest BCUT2D eigenvalue weighted by atomic mass is 16.5. The minimum Gasteiger partial charge on any atom is -0.372 e. The van der Waals surface area contributed by atoms with Gasteiger partial charge in [0.05, 0.1) is 17.2 Å². The number of primary amides is 1. The fraction of sp³-hybridized carbons (Fsp3) is 0.923. The number of rotatable bonds is 5. The molecule has 0 spiro atoms. The van der Waals surface area contributed by atoms with Crippen LogP contribution in [0.5, 0.6) is 0 Å². The normalized spacial score (nSPS) is 30.2. The standard InChI is InChI=1S/C13H26N2O2/c1-5-12(2,3)17-10-7-6-8-13(9-10,15-4)11(14)16/h10,15H,5-9H2,1-4H3,(H2,14,16). The Morgan fingerprint density at radius 1 is 1.59 bits per heavy atom. The predicted molar refractivity (Wildman–Crippen MR) is 68.7 cm³/mol. The van der Waals surface area contributed by atoms with E-state index in [0.717, 1.165) is 25.7 Å². The molecule has 4 heteroatoms. The third kappa shape index (κ3) is 3.42. The summed E-state index contributed by atoms with van der Waals surface area (Å²) < 4.78 is 6.09. The number of likely N-dealkylation sites (N-methyl/N-ethyl adjacent to an activating group) is 1. The van der Waals surface area contributed by atoms with Gasteiger partial charge in [-0.05, 0) is 46.6 Å². The van der Waals surface area contributed by atoms with E-state index in [-0.39, 0.29) is 17.6 Å². The van der Waals surface area contributed by atoms with E-state index in [1.165, 1.54) is 0 Å². The van der Waals surface area contributed by atoms with Crippen molar-refractivity contribution in [2.45, 2.75) is 70.1 Å². The van der Waals surface area contributed by atoms with Gasteiger partial charge in [0, 0.05) is 6.42 Å². The Balaban J connectivity index is 2.69. The Hall–Kier alpha value is -0.610. The van der Waals surface area contributed by atoms with Crippen LogP contribution in [-0.4, -0.2) is 30.2 Å². The zero-order valence-electron chi connectivity index (χ0n) is 11.5. The van der Waals surface area contributed by atoms with Crippen molar-refractivity contribution in [3.8, 4) is 0 Å². The van der Waals surface area contributed by atoms with Crippen LogP contribution in [0.2, 0.25) is 0 Å². The maximum Gasteiger partial charge on any atom is 0.237 e. The van der Waals surface area contributed by atoms with Gasteiger partial charge in [-0.1, -0.05) is 6.92 Å². The van der Waals surface area contributed by atoms with Crippen molar-refractivity contribution in [3.63, 3.8) is 0 Å². The van der Waals surface area contributed by atoms with Gasteiger partial charge in [0.2, 0.25) is 5.91 Å². The van der Waals surface area contributed by atoms with Crippen molar-refractivity contribution in [3.05, 3.63) is 0 Å². The molecule has 0 saturated heterocycles. The molecule has 0 bridgehead atoms. The molecule has 4 nitrogen and oxygen atoms in total. The molecule has 0 radical (unpaired) electrons. The van der Waals surface area contributed by atoms with Gasteiger partial charge < -0.3 is 15.8 Å². The highest BCUT2D eigenvalue weighted by Gasteiger charge is 2.41. The SMILES string of the molecule is CCC(C)(C)OC1CCCC(NC)(C(N)=O)C1. The van der Waals surface area contributed by atoms with E-state index in [1.807, 2.05) is 0 Å². The molecule has 1 amide bonds. The summed E-state index contributed by atoms with van der Waals surface area (Å²) in [6.07, 6.45) is 4.58. The molecule has 17 heavy (non-hydrogen) atoms. The van der Waals surface area contributed by atoms with Gasteiger partial charge in [0.15, 0.2) is 0 Å². The lowest BCUT2D eigenvalue weighted by molar-refractivity contribution is -0.134. The van der Waals surface area contributed by atoms with Crippen molar-refractivity contribution in [1.82, 2.24) is 5.32 Å². The number of hydrogen-bond donors (Lipinski definition) is 2. The Morgan fingerprint density at radius 3 is 2.71 bits per heavy atom. The van der Waals surface area contributed by atoms with Crippen LogP contribution in [0.4, 0.5) is 0 Å². The lowest BCUT2D eigenvalue weighted by Gasteiger charge is -2.41. The largest absolute Gasteiger partial charge is 0.372 e. The van der Waals surface area contributed by atoms with Crippen LogP contribution in [0.15, 0.2) is 0 Å². The predicted octanol–water partition coefficient (Wildman–Crippen LogP) is 1.58. The number of hydrogen-bond acceptors (Lipinski definition) is 3. The molecule has 1 rings (SSSR count). The number of nitrogens with two attached hydrogens (primary N) is 1. The van der Waals surface area contributed by atoms with Crippen molar-refractivity contribution in [2.24, 2.45) is 5.73 Å². The monoisotopic (exact) mass is 242 g/mol. The fourth-order valence-electron chi connectivity index (χ4n) is 2.43. The highest BCUT2D eigenvalue weighted by Crippen LogP contribution is 2.32. The first-order chi connectivity index (χ1) is 7.85. The molecule has 3 N–H and O–H groups in total. The minimum atomic E-state index is -0.577. The second-order valence-corrected chi connectivity index (χ2v) is 5.65. The smallest absolute Gasteiger partial charge is 0.237 e. The summed E-state index contributed by atoms with van der Waals surface area (Å²) in [6, 6.07) is 0. The molecule has 0 heterocycles. The third-order valence-corrected chi connectivity index (χ3v) is 3.99. The van der Waals surface area contributed by atoms with Crippen LogP contribution in [0.25, 0.3) is 0 Å². The average molecular weight is 242 g/mol. The summed E-state index contributed by atoms with van der Waals surface area (Å²) in [5.41, 5.74) is 4.81. The molecule has 1 saturated carbocycles. The van der Waals surface area contributed by atoms with Crippen LogP contribution in [-0.2, 0) is 9.53 Å². The van der Waals surface area contributed by atoms with Gasteiger partial charge in [-0.2, -0.15) is 0 Å². The Bertz CT molecular complexity index is 279. The maximum absolute atomic E-state index is 11.6. The van der Waals surface area contributed by atoms with Crippen LogP contribution in [0, 0.1) is 0 Å². The number of ether oxygens (including phenoxy) is 1. The summed E-state index contributed by atoms with van der Waals surface area (Å²) in [6.45, 7) is 6.29. The van der Waals surface area contributed by atoms with Gasteiger partial charge in [0.1, 0.15) is 0 Å². The summed E-state index contributed by atoms with van der Waals surface area (Å²) in [5.74, 6) is -0.261. The molecule has 0 aliphatic heterocycles. The Labute approximate surface area is 104 Å². The van der Waals surface area contributed by atoms with Crippen molar-refractivity contribution in [1.29, 1.82) is 0 Å². The second-order valence-electron chi connectivity index (χ2n) is 5.65. The molecule has 100 valence electrons. The summed E-state index contributed by atoms with van der Waals surface area (Å²) in [4.78, 5) is 11.6. The van der Waals surface area contributed by atoms with Gasteiger partial charge in [-0.25, -0.2) is 0 Å². The van der Waals surface area contributed by atoms with E-state index in [4.69, 9.17) is 10.5 Å². The number of carbonyl (C=O) groups is 1. The lowest BCUT2D eigenvalue weighted by atomic mass is 9.79. The van der Waals surface area contributed by atoms with Crippen LogP contribution >= 0.6 is 0 Å². The summed E-state index contributed by atoms with van der Waals surface area (Å²) >= 11 is 0. The Morgan fingerprint density at radius 2 is 2.24 bits per heavy atom. The molecule has 1 aliphatic carbocycles. The Kier molecular flexibility index (Phi) is 4.55. The maximum atomic E-state index is 11.6. The van der Waals surface area contributed by atoms with E-state index in [9.17, 15) is 4.79 Å². The van der Waals surface area contributed by atoms with Crippen molar-refractivity contribution in [2.75, 3.05) is 7.05 Å². The molecule has 0 aromatic rings. The molecule has 0 aromatic carbocycles. The van der Waals surface area contributed by atoms with Gasteiger partial charge in [0.25, 0.3) is 0 Å². The van der Waals surface area contributed by atoms with Crippen molar-refractivity contribution >= 4 is 5.91 Å². The van der Waals surface area contributed by atoms with E-state index in [0.29, 0.717) is 6.42 Å². The summed E-state index contributed by atoms with van der Waals surface area (Å²) in [7, 11) is 1.80. The first-order valence-electron chi connectivity index (χ1n) is 6.52. The van der Waals surface area contributed by atoms with Crippen LogP contribution < -0.4 is 11.1 Å². The zero-order chi connectivity index (χ0) is 13.1. The van der Waals surface area contributed by atoms with Crippen LogP contribution in [0.1, 0.15) is 52.9 Å². The quantitative estimate of drug-likeness (QED) is 0.769. The van der Waals surface area contributed by atoms with Crippen LogP contribution in [0.3, 0.4) is 0 Å². The van der Waals surface area contributed by atoms with E-state index in [2.05, 4.69) is 26.1 Å². The number of carbonyl (C=O) groups excluding carboxylic acids is 1. The molecular weight excluding hydrogens is 216 g/mol. The molecule has 2 atom stereocenters. The average Bonchev–Trinajstić information content (AvgIpc) is 2.28. The molecule has 0 aromatic heterocycles. The first kappa shape index (κ1) is 14.5. The number of amides is 1. The van der Waals surface area contributed by atoms with Gasteiger partial charge >= 0.3 is 0 Å². The minimum absolute atomic E-state index is 0.124. The van der Waals surface area contributed by atoms with Crippen molar-refractivity contribution < 1.29 is 9.53 Å². The summed E-state index contributed by atoms with van der Waals surface area (Å²) in [5, 5.41) is 3.10. The molecule has 2 unspecified atom stereocenters. The topological polar surface area (TPSA) is 64.3 Å². The number of nitrogens with one attached hydrogen (secondary N) is 1. The molecule has 1 aliphatic rings. The first-order valence-corrected chi connectivity index (χ1v) is 6.52.